The number of carbonyl (C=O) groups excluding carboxylic acids is 1. The van der Waals surface area contributed by atoms with E-state index in [2.05, 4.69) is 17.1 Å². The molecular weight excluding hydrogens is 490 g/mol. The number of carboxylic acid groups (broad SMARTS) is 1. The summed E-state index contributed by atoms with van der Waals surface area (Å²) in [6.07, 6.45) is 4.94. The number of nitrogens with one attached hydrogen (secondary N) is 1. The molecule has 3 aliphatic rings. The third-order valence-corrected chi connectivity index (χ3v) is 8.82. The number of likely N-dealkylation sites (tertiary alicyclic amines) is 1. The van der Waals surface area contributed by atoms with Gasteiger partial charge < -0.3 is 19.9 Å². The molecule has 2 aromatic carbocycles. The van der Waals surface area contributed by atoms with Gasteiger partial charge in [-0.05, 0) is 79.3 Å². The quantitative estimate of drug-likeness (QED) is 0.463. The van der Waals surface area contributed by atoms with Gasteiger partial charge in [-0.1, -0.05) is 24.6 Å². The number of nitriles is 1. The number of amides is 2. The normalized spacial score (nSPS) is 17.8. The first-order valence-electron chi connectivity index (χ1n) is 13.9. The van der Waals surface area contributed by atoms with Crippen molar-refractivity contribution in [3.05, 3.63) is 75.6 Å². The Morgan fingerprint density at radius 3 is 2.41 bits per heavy atom. The number of aromatic amines is 1. The fourth-order valence-corrected chi connectivity index (χ4v) is 6.22. The third-order valence-electron chi connectivity index (χ3n) is 8.82. The van der Waals surface area contributed by atoms with Crippen molar-refractivity contribution in [3.63, 3.8) is 0 Å². The van der Waals surface area contributed by atoms with E-state index >= 15 is 0 Å². The van der Waals surface area contributed by atoms with Gasteiger partial charge in [0.2, 0.25) is 0 Å². The zero-order valence-electron chi connectivity index (χ0n) is 22.2. The van der Waals surface area contributed by atoms with Crippen LogP contribution in [0.3, 0.4) is 0 Å². The second-order valence-electron chi connectivity index (χ2n) is 11.1. The minimum atomic E-state index is -0.918. The number of nitrogens with zero attached hydrogens (tertiary/aromatic N) is 4. The molecule has 0 bridgehead atoms. The van der Waals surface area contributed by atoms with E-state index in [4.69, 9.17) is 10.2 Å². The van der Waals surface area contributed by atoms with E-state index in [1.54, 1.807) is 0 Å². The minimum absolute atomic E-state index is 0.0561. The average molecular weight is 524 g/mol. The topological polar surface area (TPSA) is 113 Å². The SMILES string of the molecule is Cc1cc(C2CCC2)c(-c2nc3c([nH]2)CN(C(=O)O)CC3)cc1C(=O)N1CCC(c2ccc(C#N)cc2)CC1. The molecule has 2 N–H and O–H groups in total. The molecule has 1 aliphatic carbocycles. The maximum atomic E-state index is 13.8. The Bertz CT molecular complexity index is 1460. The van der Waals surface area contributed by atoms with Crippen molar-refractivity contribution in [3.8, 4) is 17.5 Å². The van der Waals surface area contributed by atoms with Crippen LogP contribution in [0.25, 0.3) is 11.4 Å². The van der Waals surface area contributed by atoms with Crippen LogP contribution < -0.4 is 0 Å². The summed E-state index contributed by atoms with van der Waals surface area (Å²) in [6, 6.07) is 14.2. The lowest BCUT2D eigenvalue weighted by Gasteiger charge is -2.33. The lowest BCUT2D eigenvalue weighted by Crippen LogP contribution is -2.38. The maximum Gasteiger partial charge on any atom is 0.407 e. The monoisotopic (exact) mass is 523 g/mol. The molecular formula is C31H33N5O3. The van der Waals surface area contributed by atoms with Crippen LogP contribution in [-0.2, 0) is 13.0 Å². The van der Waals surface area contributed by atoms with E-state index in [0.717, 1.165) is 54.0 Å². The molecule has 0 spiro atoms. The van der Waals surface area contributed by atoms with Crippen molar-refractivity contribution in [1.82, 2.24) is 19.8 Å². The standard InChI is InChI=1S/C31H33N5O3/c1-19-15-25(23-3-2-4-23)26(29-33-27-11-14-36(31(38)39)18-28(27)34-29)16-24(19)30(37)35-12-9-22(10-13-35)21-7-5-20(17-32)6-8-21/h5-8,15-16,22-23H,2-4,9-14,18H2,1H3,(H,33,34)(H,38,39). The number of aromatic nitrogens is 2. The summed E-state index contributed by atoms with van der Waals surface area (Å²) in [7, 11) is 0. The zero-order valence-corrected chi connectivity index (χ0v) is 22.2. The van der Waals surface area contributed by atoms with Gasteiger partial charge in [0, 0.05) is 37.2 Å². The molecule has 1 saturated heterocycles. The average Bonchev–Trinajstić information content (AvgIpc) is 3.35. The van der Waals surface area contributed by atoms with Crippen LogP contribution in [0.2, 0.25) is 0 Å². The molecule has 0 radical (unpaired) electrons. The van der Waals surface area contributed by atoms with Gasteiger partial charge in [-0.2, -0.15) is 5.26 Å². The minimum Gasteiger partial charge on any atom is -0.465 e. The predicted octanol–water partition coefficient (Wildman–Crippen LogP) is 5.58. The molecule has 8 heteroatoms. The van der Waals surface area contributed by atoms with E-state index in [1.807, 2.05) is 42.2 Å². The molecule has 8 nitrogen and oxygen atoms in total. The first-order chi connectivity index (χ1) is 18.9. The number of piperidine rings is 1. The molecule has 2 fully saturated rings. The van der Waals surface area contributed by atoms with Crippen LogP contribution in [0.15, 0.2) is 36.4 Å². The summed E-state index contributed by atoms with van der Waals surface area (Å²) >= 11 is 0. The molecule has 2 aliphatic heterocycles. The number of benzene rings is 2. The number of carbonyl (C=O) groups is 2. The number of imidazole rings is 1. The summed E-state index contributed by atoms with van der Waals surface area (Å²) in [5.74, 6) is 1.64. The van der Waals surface area contributed by atoms with Crippen LogP contribution in [0, 0.1) is 18.3 Å². The van der Waals surface area contributed by atoms with Gasteiger partial charge in [0.15, 0.2) is 0 Å². The number of rotatable bonds is 4. The van der Waals surface area contributed by atoms with E-state index in [-0.39, 0.29) is 5.91 Å². The van der Waals surface area contributed by atoms with Crippen LogP contribution in [-0.4, -0.2) is 56.5 Å². The summed E-state index contributed by atoms with van der Waals surface area (Å²) in [4.78, 5) is 37.0. The number of fused-ring (bicyclic) bond motifs is 1. The van der Waals surface area contributed by atoms with E-state index in [9.17, 15) is 14.7 Å². The Hall–Kier alpha value is -4.12. The number of aryl methyl sites for hydroxylation is 1. The Balaban J connectivity index is 1.25. The third kappa shape index (κ3) is 4.78. The van der Waals surface area contributed by atoms with Crippen molar-refractivity contribution >= 4 is 12.0 Å². The molecule has 2 amide bonds. The molecule has 39 heavy (non-hydrogen) atoms. The number of hydrogen-bond acceptors (Lipinski definition) is 4. The van der Waals surface area contributed by atoms with Gasteiger partial charge >= 0.3 is 6.09 Å². The number of hydrogen-bond donors (Lipinski definition) is 2. The van der Waals surface area contributed by atoms with Gasteiger partial charge in [-0.3, -0.25) is 4.79 Å². The Morgan fingerprint density at radius 1 is 1.03 bits per heavy atom. The molecule has 0 atom stereocenters. The van der Waals surface area contributed by atoms with E-state index in [0.29, 0.717) is 55.6 Å². The first-order valence-corrected chi connectivity index (χ1v) is 13.9. The van der Waals surface area contributed by atoms with E-state index < -0.39 is 6.09 Å². The van der Waals surface area contributed by atoms with Crippen molar-refractivity contribution in [2.75, 3.05) is 19.6 Å². The molecule has 6 rings (SSSR count). The van der Waals surface area contributed by atoms with Gasteiger partial charge in [0.05, 0.1) is 29.6 Å². The van der Waals surface area contributed by atoms with Crippen LogP contribution >= 0.6 is 0 Å². The first kappa shape index (κ1) is 25.2. The Morgan fingerprint density at radius 2 is 1.77 bits per heavy atom. The molecule has 1 saturated carbocycles. The number of H-pyrrole nitrogens is 1. The zero-order chi connectivity index (χ0) is 27.1. The van der Waals surface area contributed by atoms with Crippen LogP contribution in [0.4, 0.5) is 4.79 Å². The van der Waals surface area contributed by atoms with E-state index in [1.165, 1.54) is 22.4 Å². The molecule has 3 aromatic rings. The van der Waals surface area contributed by atoms with Crippen molar-refractivity contribution < 1.29 is 14.7 Å². The van der Waals surface area contributed by atoms with Crippen molar-refractivity contribution in [1.29, 1.82) is 5.26 Å². The summed E-state index contributed by atoms with van der Waals surface area (Å²) in [6.45, 7) is 4.17. The second kappa shape index (κ2) is 10.2. The highest BCUT2D eigenvalue weighted by Crippen LogP contribution is 2.42. The largest absolute Gasteiger partial charge is 0.465 e. The predicted molar refractivity (Wildman–Crippen MR) is 147 cm³/mol. The molecule has 0 unspecified atom stereocenters. The Kier molecular flexibility index (Phi) is 6.59. The molecule has 1 aromatic heterocycles. The molecule has 200 valence electrons. The summed E-state index contributed by atoms with van der Waals surface area (Å²) in [5, 5.41) is 18.5. The van der Waals surface area contributed by atoms with Gasteiger partial charge in [-0.15, -0.1) is 0 Å². The summed E-state index contributed by atoms with van der Waals surface area (Å²) < 4.78 is 0. The smallest absolute Gasteiger partial charge is 0.407 e. The van der Waals surface area contributed by atoms with Crippen LogP contribution in [0.5, 0.6) is 0 Å². The molecule has 3 heterocycles. The second-order valence-corrected chi connectivity index (χ2v) is 11.1. The fourth-order valence-electron chi connectivity index (χ4n) is 6.22. The highest BCUT2D eigenvalue weighted by atomic mass is 16.4. The highest BCUT2D eigenvalue weighted by molar-refractivity contribution is 5.97. The van der Waals surface area contributed by atoms with Crippen LogP contribution in [0.1, 0.15) is 87.9 Å². The van der Waals surface area contributed by atoms with Gasteiger partial charge in [0.1, 0.15) is 5.82 Å². The van der Waals surface area contributed by atoms with Crippen molar-refractivity contribution in [2.24, 2.45) is 0 Å². The lowest BCUT2D eigenvalue weighted by molar-refractivity contribution is 0.0712. The maximum absolute atomic E-state index is 13.8. The lowest BCUT2D eigenvalue weighted by atomic mass is 9.77. The van der Waals surface area contributed by atoms with Gasteiger partial charge in [0.25, 0.3) is 5.91 Å². The highest BCUT2D eigenvalue weighted by Gasteiger charge is 2.30. The van der Waals surface area contributed by atoms with Crippen molar-refractivity contribution in [2.45, 2.75) is 63.8 Å². The van der Waals surface area contributed by atoms with Gasteiger partial charge in [-0.25, -0.2) is 9.78 Å². The Labute approximate surface area is 228 Å². The fraction of sp³-hybridized carbons (Fsp3) is 0.419. The summed E-state index contributed by atoms with van der Waals surface area (Å²) in [5.41, 5.74) is 7.57.